The van der Waals surface area contributed by atoms with Gasteiger partial charge in [0.1, 0.15) is 5.82 Å². The average Bonchev–Trinajstić information content (AvgIpc) is 3.04. The number of hydrogen-bond acceptors (Lipinski definition) is 5. The van der Waals surface area contributed by atoms with E-state index in [1.807, 2.05) is 0 Å². The Balaban J connectivity index is 0.00000192. The van der Waals surface area contributed by atoms with Crippen LogP contribution in [-0.4, -0.2) is 60.0 Å². The maximum Gasteiger partial charge on any atom is 0.272 e. The second-order valence-corrected chi connectivity index (χ2v) is 5.99. The number of rotatable bonds is 4. The number of nitrogens with one attached hydrogen (secondary N) is 1. The number of non-ortho nitro benzene ring substituents is 1. The van der Waals surface area contributed by atoms with Crippen LogP contribution < -0.4 is 5.32 Å². The number of nitrogens with zero attached hydrogens (tertiary/aromatic N) is 3. The number of piperazine rings is 1. The molecule has 1 N–H and O–H groups in total. The van der Waals surface area contributed by atoms with Gasteiger partial charge in [0.2, 0.25) is 0 Å². The predicted molar refractivity (Wildman–Crippen MR) is 88.4 cm³/mol. The monoisotopic (exact) mass is 344 g/mol. The van der Waals surface area contributed by atoms with E-state index in [1.54, 1.807) is 0 Å². The molecule has 0 aromatic heterocycles. The lowest BCUT2D eigenvalue weighted by atomic mass is 10.1. The molecule has 0 aliphatic carbocycles. The Morgan fingerprint density at radius 2 is 2.04 bits per heavy atom. The first-order chi connectivity index (χ1) is 10.6. The first kappa shape index (κ1) is 18.1. The van der Waals surface area contributed by atoms with Gasteiger partial charge >= 0.3 is 0 Å². The largest absolute Gasteiger partial charge is 0.315 e. The third-order valence-electron chi connectivity index (χ3n) is 4.60. The van der Waals surface area contributed by atoms with E-state index in [1.165, 1.54) is 18.6 Å². The normalized spacial score (nSPS) is 22.7. The molecule has 1 unspecified atom stereocenters. The minimum Gasteiger partial charge on any atom is -0.315 e. The Labute approximate surface area is 141 Å². The van der Waals surface area contributed by atoms with Crippen molar-refractivity contribution in [1.29, 1.82) is 0 Å². The van der Waals surface area contributed by atoms with Gasteiger partial charge in [-0.3, -0.25) is 19.9 Å². The second kappa shape index (κ2) is 8.01. The van der Waals surface area contributed by atoms with E-state index in [2.05, 4.69) is 15.1 Å². The summed E-state index contributed by atoms with van der Waals surface area (Å²) in [6.45, 7) is 6.50. The fourth-order valence-corrected chi connectivity index (χ4v) is 3.26. The Morgan fingerprint density at radius 3 is 2.61 bits per heavy atom. The number of halogens is 2. The van der Waals surface area contributed by atoms with Crippen LogP contribution in [0.25, 0.3) is 0 Å². The molecule has 0 saturated carbocycles. The van der Waals surface area contributed by atoms with Crippen LogP contribution in [0.3, 0.4) is 0 Å². The van der Waals surface area contributed by atoms with E-state index >= 15 is 0 Å². The molecule has 2 heterocycles. The molecule has 2 aliphatic heterocycles. The molecule has 0 amide bonds. The lowest BCUT2D eigenvalue weighted by Crippen LogP contribution is -2.50. The Kier molecular flexibility index (Phi) is 6.29. The van der Waals surface area contributed by atoms with Gasteiger partial charge < -0.3 is 5.32 Å². The number of nitro groups is 1. The van der Waals surface area contributed by atoms with Gasteiger partial charge in [0.05, 0.1) is 11.0 Å². The van der Waals surface area contributed by atoms with E-state index in [-0.39, 0.29) is 18.1 Å². The number of hydrogen-bond donors (Lipinski definition) is 1. The van der Waals surface area contributed by atoms with E-state index in [0.29, 0.717) is 18.2 Å². The SMILES string of the molecule is Cl.O=[N+]([O-])c1ccc(CN2CCN(C3CCNC3)CC2)c(F)c1. The third kappa shape index (κ3) is 4.38. The molecule has 2 aliphatic rings. The molecule has 128 valence electrons. The van der Waals surface area contributed by atoms with Crippen molar-refractivity contribution in [2.24, 2.45) is 0 Å². The average molecular weight is 345 g/mol. The van der Waals surface area contributed by atoms with Crippen LogP contribution in [0.5, 0.6) is 0 Å². The van der Waals surface area contributed by atoms with E-state index < -0.39 is 10.7 Å². The van der Waals surface area contributed by atoms with E-state index in [4.69, 9.17) is 0 Å². The highest BCUT2D eigenvalue weighted by atomic mass is 35.5. The van der Waals surface area contributed by atoms with Crippen LogP contribution >= 0.6 is 12.4 Å². The zero-order valence-corrected chi connectivity index (χ0v) is 13.7. The van der Waals surface area contributed by atoms with Crippen LogP contribution in [0.2, 0.25) is 0 Å². The molecular formula is C15H22ClFN4O2. The van der Waals surface area contributed by atoms with Crippen LogP contribution in [0.1, 0.15) is 12.0 Å². The Morgan fingerprint density at radius 1 is 1.30 bits per heavy atom. The maximum atomic E-state index is 13.9. The molecule has 1 atom stereocenters. The summed E-state index contributed by atoms with van der Waals surface area (Å²) in [5.41, 5.74) is 0.335. The van der Waals surface area contributed by atoms with E-state index in [0.717, 1.165) is 45.3 Å². The summed E-state index contributed by atoms with van der Waals surface area (Å²) in [4.78, 5) is 14.8. The van der Waals surface area contributed by atoms with Crippen molar-refractivity contribution in [3.63, 3.8) is 0 Å². The van der Waals surface area contributed by atoms with Gasteiger partial charge in [-0.1, -0.05) is 0 Å². The molecule has 0 radical (unpaired) electrons. The summed E-state index contributed by atoms with van der Waals surface area (Å²) in [5.74, 6) is -0.489. The molecule has 6 nitrogen and oxygen atoms in total. The lowest BCUT2D eigenvalue weighted by molar-refractivity contribution is -0.385. The van der Waals surface area contributed by atoms with Gasteiger partial charge in [-0.2, -0.15) is 0 Å². The van der Waals surface area contributed by atoms with Gasteiger partial charge in [0, 0.05) is 56.9 Å². The first-order valence-electron chi connectivity index (χ1n) is 7.73. The fourth-order valence-electron chi connectivity index (χ4n) is 3.26. The maximum absolute atomic E-state index is 13.9. The Bertz CT molecular complexity index is 546. The summed E-state index contributed by atoms with van der Waals surface area (Å²) in [6, 6.07) is 4.55. The fraction of sp³-hybridized carbons (Fsp3) is 0.600. The van der Waals surface area contributed by atoms with Gasteiger partial charge in [-0.25, -0.2) is 4.39 Å². The minimum absolute atomic E-state index is 0. The van der Waals surface area contributed by atoms with Gasteiger partial charge in [-0.05, 0) is 19.0 Å². The van der Waals surface area contributed by atoms with Crippen LogP contribution in [0.4, 0.5) is 10.1 Å². The van der Waals surface area contributed by atoms with Gasteiger partial charge in [0.25, 0.3) is 5.69 Å². The first-order valence-corrected chi connectivity index (χ1v) is 7.73. The predicted octanol–water partition coefficient (Wildman–Crippen LogP) is 1.64. The molecule has 1 aromatic rings. The van der Waals surface area contributed by atoms with Crippen LogP contribution in [0.15, 0.2) is 18.2 Å². The Hall–Kier alpha value is -1.28. The van der Waals surface area contributed by atoms with Crippen molar-refractivity contribution in [2.75, 3.05) is 39.3 Å². The molecule has 23 heavy (non-hydrogen) atoms. The quantitative estimate of drug-likeness (QED) is 0.664. The number of nitro benzene ring substituents is 1. The van der Waals surface area contributed by atoms with Crippen molar-refractivity contribution in [1.82, 2.24) is 15.1 Å². The van der Waals surface area contributed by atoms with Crippen LogP contribution in [0, 0.1) is 15.9 Å². The molecule has 2 fully saturated rings. The molecular weight excluding hydrogens is 323 g/mol. The van der Waals surface area contributed by atoms with Crippen molar-refractivity contribution in [3.05, 3.63) is 39.7 Å². The molecule has 0 bridgehead atoms. The molecule has 1 aromatic carbocycles. The summed E-state index contributed by atoms with van der Waals surface area (Å²) >= 11 is 0. The zero-order valence-electron chi connectivity index (χ0n) is 12.9. The summed E-state index contributed by atoms with van der Waals surface area (Å²) in [5, 5.41) is 14.0. The van der Waals surface area contributed by atoms with Crippen molar-refractivity contribution in [3.8, 4) is 0 Å². The van der Waals surface area contributed by atoms with Crippen molar-refractivity contribution >= 4 is 18.1 Å². The number of benzene rings is 1. The lowest BCUT2D eigenvalue weighted by Gasteiger charge is -2.37. The van der Waals surface area contributed by atoms with Crippen molar-refractivity contribution < 1.29 is 9.31 Å². The highest BCUT2D eigenvalue weighted by molar-refractivity contribution is 5.85. The van der Waals surface area contributed by atoms with Crippen molar-refractivity contribution in [2.45, 2.75) is 19.0 Å². The van der Waals surface area contributed by atoms with Gasteiger partial charge in [-0.15, -0.1) is 12.4 Å². The summed E-state index contributed by atoms with van der Waals surface area (Å²) in [7, 11) is 0. The second-order valence-electron chi connectivity index (χ2n) is 5.99. The zero-order chi connectivity index (χ0) is 15.5. The third-order valence-corrected chi connectivity index (χ3v) is 4.60. The highest BCUT2D eigenvalue weighted by Crippen LogP contribution is 2.19. The van der Waals surface area contributed by atoms with Crippen LogP contribution in [-0.2, 0) is 6.54 Å². The molecule has 2 saturated heterocycles. The summed E-state index contributed by atoms with van der Waals surface area (Å²) < 4.78 is 13.9. The topological polar surface area (TPSA) is 61.7 Å². The molecule has 0 spiro atoms. The molecule has 3 rings (SSSR count). The standard InChI is InChI=1S/C15H21FN4O2.ClH/c16-15-9-13(20(21)22)2-1-12(15)11-18-5-7-19(8-6-18)14-3-4-17-10-14;/h1-2,9,14,17H,3-8,10-11H2;1H. The summed E-state index contributed by atoms with van der Waals surface area (Å²) in [6.07, 6.45) is 1.21. The minimum atomic E-state index is -0.568. The highest BCUT2D eigenvalue weighted by Gasteiger charge is 2.26. The molecule has 8 heteroatoms. The van der Waals surface area contributed by atoms with Gasteiger partial charge in [0.15, 0.2) is 0 Å². The van der Waals surface area contributed by atoms with E-state index in [9.17, 15) is 14.5 Å². The smallest absolute Gasteiger partial charge is 0.272 e.